The lowest BCUT2D eigenvalue weighted by Crippen LogP contribution is -2.45. The van der Waals surface area contributed by atoms with Gasteiger partial charge in [-0.3, -0.25) is 0 Å². The van der Waals surface area contributed by atoms with Crippen LogP contribution in [-0.2, 0) is 0 Å². The van der Waals surface area contributed by atoms with Crippen LogP contribution in [-0.4, -0.2) is 12.3 Å². The molecule has 1 aliphatic carbocycles. The number of ether oxygens (including phenoxy) is 2. The Labute approximate surface area is 102 Å². The zero-order valence-electron chi connectivity index (χ0n) is 10.2. The second-order valence-electron chi connectivity index (χ2n) is 5.15. The van der Waals surface area contributed by atoms with E-state index in [1.165, 1.54) is 12.0 Å². The van der Waals surface area contributed by atoms with E-state index in [4.69, 9.17) is 15.2 Å². The van der Waals surface area contributed by atoms with Gasteiger partial charge in [0.15, 0.2) is 11.5 Å². The van der Waals surface area contributed by atoms with E-state index in [1.54, 1.807) is 0 Å². The van der Waals surface area contributed by atoms with E-state index in [9.17, 15) is 0 Å². The molecule has 1 aromatic carbocycles. The van der Waals surface area contributed by atoms with E-state index in [1.807, 2.05) is 6.07 Å². The minimum atomic E-state index is -0.321. The molecule has 1 fully saturated rings. The molecule has 3 nitrogen and oxygen atoms in total. The fraction of sp³-hybridized carbons (Fsp3) is 0.571. The highest BCUT2D eigenvalue weighted by molar-refractivity contribution is 5.47. The number of hydrogen-bond donors (Lipinski definition) is 1. The van der Waals surface area contributed by atoms with Crippen LogP contribution in [0.25, 0.3) is 0 Å². The third-order valence-electron chi connectivity index (χ3n) is 3.84. The van der Waals surface area contributed by atoms with E-state index in [0.717, 1.165) is 37.3 Å². The average molecular weight is 233 g/mol. The molecule has 1 unspecified atom stereocenters. The van der Waals surface area contributed by atoms with Crippen LogP contribution in [0.3, 0.4) is 0 Å². The standard InChI is InChI=1S/C14H19NO2/c1-10(5-8-15)11-3-4-12-13(9-11)17-14(16-12)6-2-7-14/h3-4,9-10H,2,5-8,15H2,1H3. The molecule has 17 heavy (non-hydrogen) atoms. The number of hydrogen-bond acceptors (Lipinski definition) is 3. The van der Waals surface area contributed by atoms with Crippen LogP contribution in [0.2, 0.25) is 0 Å². The van der Waals surface area contributed by atoms with Crippen LogP contribution < -0.4 is 15.2 Å². The first-order valence-corrected chi connectivity index (χ1v) is 6.44. The SMILES string of the molecule is CC(CCN)c1ccc2c(c1)OC1(CCC1)O2. The fourth-order valence-electron chi connectivity index (χ4n) is 2.50. The average Bonchev–Trinajstić information content (AvgIpc) is 2.67. The molecule has 1 spiro atoms. The monoisotopic (exact) mass is 233 g/mol. The molecule has 0 radical (unpaired) electrons. The number of fused-ring (bicyclic) bond motifs is 1. The van der Waals surface area contributed by atoms with Gasteiger partial charge in [0.05, 0.1) is 0 Å². The van der Waals surface area contributed by atoms with E-state index < -0.39 is 0 Å². The molecule has 0 bridgehead atoms. The van der Waals surface area contributed by atoms with Gasteiger partial charge in [0.25, 0.3) is 5.79 Å². The molecule has 2 aliphatic rings. The van der Waals surface area contributed by atoms with Crippen LogP contribution in [0, 0.1) is 0 Å². The Morgan fingerprint density at radius 1 is 1.29 bits per heavy atom. The highest BCUT2D eigenvalue weighted by Crippen LogP contribution is 2.48. The van der Waals surface area contributed by atoms with Crippen molar-refractivity contribution < 1.29 is 9.47 Å². The Bertz CT molecular complexity index is 426. The van der Waals surface area contributed by atoms with Gasteiger partial charge in [-0.25, -0.2) is 0 Å². The lowest BCUT2D eigenvalue weighted by atomic mass is 9.91. The zero-order valence-corrected chi connectivity index (χ0v) is 10.2. The maximum atomic E-state index is 5.95. The molecule has 3 rings (SSSR count). The molecule has 92 valence electrons. The summed E-state index contributed by atoms with van der Waals surface area (Å²) in [5, 5.41) is 0. The highest BCUT2D eigenvalue weighted by Gasteiger charge is 2.47. The molecule has 1 saturated carbocycles. The summed E-state index contributed by atoms with van der Waals surface area (Å²) in [6.07, 6.45) is 4.22. The zero-order chi connectivity index (χ0) is 11.9. The number of nitrogens with two attached hydrogens (primary N) is 1. The molecule has 0 aromatic heterocycles. The summed E-state index contributed by atoms with van der Waals surface area (Å²) in [5.41, 5.74) is 6.88. The molecule has 0 amide bonds. The van der Waals surface area contributed by atoms with Crippen LogP contribution >= 0.6 is 0 Å². The summed E-state index contributed by atoms with van der Waals surface area (Å²) in [7, 11) is 0. The Balaban J connectivity index is 1.82. The van der Waals surface area contributed by atoms with E-state index in [-0.39, 0.29) is 5.79 Å². The predicted octanol–water partition coefficient (Wildman–Crippen LogP) is 2.79. The summed E-state index contributed by atoms with van der Waals surface area (Å²) in [4.78, 5) is 0. The summed E-state index contributed by atoms with van der Waals surface area (Å²) in [6, 6.07) is 6.27. The topological polar surface area (TPSA) is 44.5 Å². The van der Waals surface area contributed by atoms with Gasteiger partial charge < -0.3 is 15.2 Å². The first-order chi connectivity index (χ1) is 8.22. The van der Waals surface area contributed by atoms with E-state index in [2.05, 4.69) is 19.1 Å². The normalized spacial score (nSPS) is 21.3. The molecule has 1 aromatic rings. The van der Waals surface area contributed by atoms with Crippen LogP contribution in [0.5, 0.6) is 11.5 Å². The first-order valence-electron chi connectivity index (χ1n) is 6.44. The lowest BCUT2D eigenvalue weighted by molar-refractivity contribution is -0.138. The van der Waals surface area contributed by atoms with Crippen molar-refractivity contribution in [3.05, 3.63) is 23.8 Å². The minimum Gasteiger partial charge on any atom is -0.448 e. The van der Waals surface area contributed by atoms with Gasteiger partial charge in [-0.15, -0.1) is 0 Å². The third kappa shape index (κ3) is 1.78. The summed E-state index contributed by atoms with van der Waals surface area (Å²) in [5.74, 6) is 1.96. The Kier molecular flexibility index (Phi) is 2.51. The number of benzene rings is 1. The molecular weight excluding hydrogens is 214 g/mol. The maximum Gasteiger partial charge on any atom is 0.251 e. The smallest absolute Gasteiger partial charge is 0.251 e. The van der Waals surface area contributed by atoms with Crippen molar-refractivity contribution in [3.8, 4) is 11.5 Å². The molecule has 0 saturated heterocycles. The van der Waals surface area contributed by atoms with Crippen molar-refractivity contribution >= 4 is 0 Å². The van der Waals surface area contributed by atoms with Gasteiger partial charge in [-0.2, -0.15) is 0 Å². The van der Waals surface area contributed by atoms with Gasteiger partial charge >= 0.3 is 0 Å². The van der Waals surface area contributed by atoms with Crippen molar-refractivity contribution in [3.63, 3.8) is 0 Å². The van der Waals surface area contributed by atoms with Gasteiger partial charge in [-0.1, -0.05) is 13.0 Å². The maximum absolute atomic E-state index is 5.95. The minimum absolute atomic E-state index is 0.321. The summed E-state index contributed by atoms with van der Waals surface area (Å²) < 4.78 is 11.8. The summed E-state index contributed by atoms with van der Waals surface area (Å²) >= 11 is 0. The van der Waals surface area contributed by atoms with Gasteiger partial charge in [-0.05, 0) is 43.0 Å². The second-order valence-corrected chi connectivity index (χ2v) is 5.15. The Morgan fingerprint density at radius 3 is 2.71 bits per heavy atom. The second kappa shape index (κ2) is 3.91. The quantitative estimate of drug-likeness (QED) is 0.873. The van der Waals surface area contributed by atoms with Crippen LogP contribution in [0.4, 0.5) is 0 Å². The Hall–Kier alpha value is -1.22. The van der Waals surface area contributed by atoms with Gasteiger partial charge in [0.2, 0.25) is 0 Å². The molecular formula is C14H19NO2. The third-order valence-corrected chi connectivity index (χ3v) is 3.84. The van der Waals surface area contributed by atoms with Crippen molar-refractivity contribution in [2.75, 3.05) is 6.54 Å². The molecule has 3 heteroatoms. The highest BCUT2D eigenvalue weighted by atomic mass is 16.7. The predicted molar refractivity (Wildman–Crippen MR) is 66.4 cm³/mol. The molecule has 1 heterocycles. The molecule has 2 N–H and O–H groups in total. The van der Waals surface area contributed by atoms with Crippen LogP contribution in [0.15, 0.2) is 18.2 Å². The summed E-state index contributed by atoms with van der Waals surface area (Å²) in [6.45, 7) is 2.92. The lowest BCUT2D eigenvalue weighted by Gasteiger charge is -2.35. The fourth-order valence-corrected chi connectivity index (χ4v) is 2.50. The Morgan fingerprint density at radius 2 is 2.06 bits per heavy atom. The van der Waals surface area contributed by atoms with E-state index in [0.29, 0.717) is 5.92 Å². The molecule has 1 atom stereocenters. The first kappa shape index (κ1) is 10.9. The van der Waals surface area contributed by atoms with E-state index >= 15 is 0 Å². The van der Waals surface area contributed by atoms with Crippen LogP contribution in [0.1, 0.15) is 44.1 Å². The van der Waals surface area contributed by atoms with Gasteiger partial charge in [0.1, 0.15) is 0 Å². The largest absolute Gasteiger partial charge is 0.448 e. The number of rotatable bonds is 3. The van der Waals surface area contributed by atoms with Crippen molar-refractivity contribution in [2.24, 2.45) is 5.73 Å². The van der Waals surface area contributed by atoms with Crippen molar-refractivity contribution in [2.45, 2.75) is 44.3 Å². The molecule has 1 aliphatic heterocycles. The van der Waals surface area contributed by atoms with Gasteiger partial charge in [0, 0.05) is 12.8 Å². The van der Waals surface area contributed by atoms with Crippen molar-refractivity contribution in [1.82, 2.24) is 0 Å². The van der Waals surface area contributed by atoms with Crippen molar-refractivity contribution in [1.29, 1.82) is 0 Å².